The van der Waals surface area contributed by atoms with Crippen LogP contribution >= 0.6 is 0 Å². The summed E-state index contributed by atoms with van der Waals surface area (Å²) >= 11 is 0. The van der Waals surface area contributed by atoms with Gasteiger partial charge in [0.15, 0.2) is 0 Å². The molecule has 0 aromatic heterocycles. The van der Waals surface area contributed by atoms with E-state index in [0.29, 0.717) is 18.2 Å². The fourth-order valence-corrected chi connectivity index (χ4v) is 3.03. The van der Waals surface area contributed by atoms with E-state index in [4.69, 9.17) is 0 Å². The molecule has 1 fully saturated rings. The largest absolute Gasteiger partial charge is 0.339 e. The summed E-state index contributed by atoms with van der Waals surface area (Å²) in [5.74, 6) is 0.978. The first-order valence-corrected chi connectivity index (χ1v) is 8.23. The Bertz CT molecular complexity index is 452. The molecular formula is C18H28N2O. The standard InChI is InChI=1S/C18H28N2O/c1-3-20(14-17-9-5-4-7-15(17)2)18(21)11-10-16-8-6-12-19-13-16/h4-5,7,9,16,19H,3,6,8,10-14H2,1-2H3. The number of nitrogens with zero attached hydrogens (tertiary/aromatic N) is 1. The SMILES string of the molecule is CCN(Cc1ccccc1C)C(=O)CCC1CCCNC1. The van der Waals surface area contributed by atoms with Crippen molar-refractivity contribution in [2.24, 2.45) is 5.92 Å². The van der Waals surface area contributed by atoms with Gasteiger partial charge < -0.3 is 10.2 Å². The van der Waals surface area contributed by atoms with Crippen molar-refractivity contribution in [2.45, 2.75) is 46.1 Å². The second-order valence-electron chi connectivity index (χ2n) is 6.09. The number of carbonyl (C=O) groups excluding carboxylic acids is 1. The van der Waals surface area contributed by atoms with Crippen molar-refractivity contribution in [3.05, 3.63) is 35.4 Å². The van der Waals surface area contributed by atoms with Crippen LogP contribution in [0.5, 0.6) is 0 Å². The van der Waals surface area contributed by atoms with Crippen LogP contribution in [0.3, 0.4) is 0 Å². The third-order valence-corrected chi connectivity index (χ3v) is 4.52. The molecule has 2 rings (SSSR count). The number of nitrogens with one attached hydrogen (secondary N) is 1. The topological polar surface area (TPSA) is 32.3 Å². The Labute approximate surface area is 128 Å². The van der Waals surface area contributed by atoms with Gasteiger partial charge in [0.25, 0.3) is 0 Å². The number of hydrogen-bond donors (Lipinski definition) is 1. The minimum absolute atomic E-state index is 0.298. The summed E-state index contributed by atoms with van der Waals surface area (Å²) in [6, 6.07) is 8.33. The average Bonchev–Trinajstić information content (AvgIpc) is 2.53. The van der Waals surface area contributed by atoms with Gasteiger partial charge in [0.05, 0.1) is 0 Å². The Kier molecular flexibility index (Phi) is 6.24. The van der Waals surface area contributed by atoms with Gasteiger partial charge in [-0.1, -0.05) is 24.3 Å². The number of amides is 1. The Morgan fingerprint density at radius 1 is 1.38 bits per heavy atom. The van der Waals surface area contributed by atoms with Gasteiger partial charge in [0.2, 0.25) is 5.91 Å². The number of carbonyl (C=O) groups is 1. The highest BCUT2D eigenvalue weighted by atomic mass is 16.2. The molecule has 0 aliphatic carbocycles. The highest BCUT2D eigenvalue weighted by molar-refractivity contribution is 5.76. The van der Waals surface area contributed by atoms with Gasteiger partial charge in [-0.15, -0.1) is 0 Å². The van der Waals surface area contributed by atoms with Gasteiger partial charge in [0.1, 0.15) is 0 Å². The van der Waals surface area contributed by atoms with Gasteiger partial charge in [0, 0.05) is 19.5 Å². The molecule has 3 heteroatoms. The lowest BCUT2D eigenvalue weighted by molar-refractivity contribution is -0.132. The first-order chi connectivity index (χ1) is 10.2. The van der Waals surface area contributed by atoms with Gasteiger partial charge in [-0.25, -0.2) is 0 Å². The summed E-state index contributed by atoms with van der Waals surface area (Å²) in [5, 5.41) is 3.42. The first kappa shape index (κ1) is 16.0. The number of benzene rings is 1. The minimum Gasteiger partial charge on any atom is -0.339 e. The maximum absolute atomic E-state index is 12.4. The van der Waals surface area contributed by atoms with Crippen LogP contribution < -0.4 is 5.32 Å². The van der Waals surface area contributed by atoms with E-state index < -0.39 is 0 Å². The van der Waals surface area contributed by atoms with Crippen LogP contribution in [0.15, 0.2) is 24.3 Å². The van der Waals surface area contributed by atoms with Crippen LogP contribution in [-0.4, -0.2) is 30.4 Å². The third kappa shape index (κ3) is 4.85. The third-order valence-electron chi connectivity index (χ3n) is 4.52. The average molecular weight is 288 g/mol. The minimum atomic E-state index is 0.298. The summed E-state index contributed by atoms with van der Waals surface area (Å²) in [5.41, 5.74) is 2.52. The lowest BCUT2D eigenvalue weighted by atomic mass is 9.94. The molecule has 0 spiro atoms. The molecule has 1 aliphatic rings. The lowest BCUT2D eigenvalue weighted by Crippen LogP contribution is -2.33. The summed E-state index contributed by atoms with van der Waals surface area (Å²) in [4.78, 5) is 14.4. The van der Waals surface area contributed by atoms with E-state index >= 15 is 0 Å². The number of rotatable bonds is 6. The van der Waals surface area contributed by atoms with Crippen molar-refractivity contribution >= 4 is 5.91 Å². The quantitative estimate of drug-likeness (QED) is 0.872. The van der Waals surface area contributed by atoms with Gasteiger partial charge in [-0.3, -0.25) is 4.79 Å². The fraction of sp³-hybridized carbons (Fsp3) is 0.611. The molecule has 0 bridgehead atoms. The molecule has 3 nitrogen and oxygen atoms in total. The van der Waals surface area contributed by atoms with Crippen LogP contribution in [-0.2, 0) is 11.3 Å². The monoisotopic (exact) mass is 288 g/mol. The molecule has 1 heterocycles. The van der Waals surface area contributed by atoms with Gasteiger partial charge in [-0.05, 0) is 63.2 Å². The smallest absolute Gasteiger partial charge is 0.222 e. The molecule has 116 valence electrons. The summed E-state index contributed by atoms with van der Waals surface area (Å²) in [6.07, 6.45) is 4.23. The van der Waals surface area contributed by atoms with E-state index in [2.05, 4.69) is 31.3 Å². The maximum Gasteiger partial charge on any atom is 0.222 e. The molecule has 0 radical (unpaired) electrons. The zero-order valence-electron chi connectivity index (χ0n) is 13.4. The molecule has 1 atom stereocenters. The molecule has 21 heavy (non-hydrogen) atoms. The Morgan fingerprint density at radius 3 is 2.86 bits per heavy atom. The molecule has 1 aromatic carbocycles. The van der Waals surface area contributed by atoms with Crippen LogP contribution in [0.25, 0.3) is 0 Å². The van der Waals surface area contributed by atoms with E-state index in [1.165, 1.54) is 24.0 Å². The molecule has 1 N–H and O–H groups in total. The first-order valence-electron chi connectivity index (χ1n) is 8.23. The highest BCUT2D eigenvalue weighted by Crippen LogP contribution is 2.18. The van der Waals surface area contributed by atoms with Gasteiger partial charge >= 0.3 is 0 Å². The number of hydrogen-bond acceptors (Lipinski definition) is 2. The molecular weight excluding hydrogens is 260 g/mol. The summed E-state index contributed by atoms with van der Waals surface area (Å²) < 4.78 is 0. The zero-order chi connectivity index (χ0) is 15.1. The number of piperidine rings is 1. The summed E-state index contributed by atoms with van der Waals surface area (Å²) in [7, 11) is 0. The maximum atomic E-state index is 12.4. The van der Waals surface area contributed by atoms with Crippen molar-refractivity contribution in [1.82, 2.24) is 10.2 Å². The van der Waals surface area contributed by atoms with Crippen molar-refractivity contribution < 1.29 is 4.79 Å². The molecule has 1 aromatic rings. The van der Waals surface area contributed by atoms with Crippen LogP contribution in [0.1, 0.15) is 43.7 Å². The van der Waals surface area contributed by atoms with Gasteiger partial charge in [-0.2, -0.15) is 0 Å². The molecule has 1 unspecified atom stereocenters. The van der Waals surface area contributed by atoms with E-state index in [1.54, 1.807) is 0 Å². The molecule has 1 saturated heterocycles. The van der Waals surface area contributed by atoms with E-state index in [9.17, 15) is 4.79 Å². The van der Waals surface area contributed by atoms with Crippen molar-refractivity contribution in [1.29, 1.82) is 0 Å². The predicted molar refractivity (Wildman–Crippen MR) is 87.1 cm³/mol. The van der Waals surface area contributed by atoms with Crippen LogP contribution in [0, 0.1) is 12.8 Å². The fourth-order valence-electron chi connectivity index (χ4n) is 3.03. The van der Waals surface area contributed by atoms with Crippen molar-refractivity contribution in [3.8, 4) is 0 Å². The molecule has 1 aliphatic heterocycles. The molecule has 1 amide bonds. The van der Waals surface area contributed by atoms with Crippen molar-refractivity contribution in [2.75, 3.05) is 19.6 Å². The van der Waals surface area contributed by atoms with E-state index in [1.807, 2.05) is 17.0 Å². The Hall–Kier alpha value is -1.35. The zero-order valence-corrected chi connectivity index (χ0v) is 13.4. The molecule has 0 saturated carbocycles. The second kappa shape index (κ2) is 8.18. The summed E-state index contributed by atoms with van der Waals surface area (Å²) in [6.45, 7) is 7.93. The second-order valence-corrected chi connectivity index (χ2v) is 6.09. The van der Waals surface area contributed by atoms with Crippen molar-refractivity contribution in [3.63, 3.8) is 0 Å². The van der Waals surface area contributed by atoms with E-state index in [-0.39, 0.29) is 0 Å². The normalized spacial score (nSPS) is 18.5. The highest BCUT2D eigenvalue weighted by Gasteiger charge is 2.17. The predicted octanol–water partition coefficient (Wildman–Crippen LogP) is 3.12. The lowest BCUT2D eigenvalue weighted by Gasteiger charge is -2.25. The Morgan fingerprint density at radius 2 is 2.19 bits per heavy atom. The number of aryl methyl sites for hydroxylation is 1. The van der Waals surface area contributed by atoms with Crippen LogP contribution in [0.2, 0.25) is 0 Å². The Balaban J connectivity index is 1.85. The van der Waals surface area contributed by atoms with E-state index in [0.717, 1.165) is 32.6 Å². The van der Waals surface area contributed by atoms with Crippen LogP contribution in [0.4, 0.5) is 0 Å².